The number of carbonyl (C=O) groups excluding carboxylic acids is 1. The largest absolute Gasteiger partial charge is 0.493 e. The molecule has 0 aromatic heterocycles. The lowest BCUT2D eigenvalue weighted by atomic mass is 9.96. The summed E-state index contributed by atoms with van der Waals surface area (Å²) in [5.41, 5.74) is 1.61. The number of rotatable bonds is 5. The van der Waals surface area contributed by atoms with Crippen molar-refractivity contribution < 1.29 is 14.3 Å². The molecule has 1 heterocycles. The highest BCUT2D eigenvalue weighted by molar-refractivity contribution is 6.00. The van der Waals surface area contributed by atoms with E-state index in [1.165, 1.54) is 0 Å². The Bertz CT molecular complexity index is 691. The first-order valence-corrected chi connectivity index (χ1v) is 8.15. The van der Waals surface area contributed by atoms with E-state index in [0.29, 0.717) is 30.3 Å². The molecule has 0 amide bonds. The lowest BCUT2D eigenvalue weighted by Gasteiger charge is -2.26. The van der Waals surface area contributed by atoms with Gasteiger partial charge in [0, 0.05) is 5.56 Å². The minimum Gasteiger partial charge on any atom is -0.493 e. The van der Waals surface area contributed by atoms with Crippen LogP contribution < -0.4 is 9.47 Å². The molecule has 1 atom stereocenters. The maximum absolute atomic E-state index is 12.4. The second kappa shape index (κ2) is 6.86. The monoisotopic (exact) mass is 310 g/mol. The Morgan fingerprint density at radius 2 is 1.87 bits per heavy atom. The molecule has 0 saturated heterocycles. The van der Waals surface area contributed by atoms with Gasteiger partial charge in [0.2, 0.25) is 0 Å². The molecule has 0 radical (unpaired) electrons. The number of hydrogen-bond donors (Lipinski definition) is 0. The van der Waals surface area contributed by atoms with Crippen LogP contribution in [0.2, 0.25) is 0 Å². The van der Waals surface area contributed by atoms with Crippen molar-refractivity contribution in [3.8, 4) is 11.5 Å². The number of ether oxygens (including phenoxy) is 2. The summed E-state index contributed by atoms with van der Waals surface area (Å²) in [6.07, 6.45) is 1.07. The van der Waals surface area contributed by atoms with Gasteiger partial charge in [-0.1, -0.05) is 44.2 Å². The lowest BCUT2D eigenvalue weighted by molar-refractivity contribution is 0.0846. The van der Waals surface area contributed by atoms with Gasteiger partial charge in [-0.3, -0.25) is 4.79 Å². The summed E-state index contributed by atoms with van der Waals surface area (Å²) in [5, 5.41) is 0. The zero-order chi connectivity index (χ0) is 16.2. The first-order valence-electron chi connectivity index (χ1n) is 8.15. The van der Waals surface area contributed by atoms with E-state index >= 15 is 0 Å². The van der Waals surface area contributed by atoms with Crippen LogP contribution in [0.4, 0.5) is 0 Å². The molecule has 0 spiro atoms. The van der Waals surface area contributed by atoms with Crippen LogP contribution in [0.25, 0.3) is 0 Å². The van der Waals surface area contributed by atoms with Crippen LogP contribution in [-0.4, -0.2) is 12.4 Å². The Morgan fingerprint density at radius 3 is 2.70 bits per heavy atom. The summed E-state index contributed by atoms with van der Waals surface area (Å²) >= 11 is 0. The molecule has 0 fully saturated rings. The number of benzene rings is 2. The van der Waals surface area contributed by atoms with Gasteiger partial charge >= 0.3 is 0 Å². The maximum atomic E-state index is 12.4. The van der Waals surface area contributed by atoms with Crippen molar-refractivity contribution in [1.29, 1.82) is 0 Å². The molecular weight excluding hydrogens is 288 g/mol. The number of carbonyl (C=O) groups is 1. The molecule has 0 bridgehead atoms. The van der Waals surface area contributed by atoms with Crippen molar-refractivity contribution in [2.75, 3.05) is 6.61 Å². The topological polar surface area (TPSA) is 35.5 Å². The Labute approximate surface area is 137 Å². The number of fused-ring (bicyclic) bond motifs is 1. The summed E-state index contributed by atoms with van der Waals surface area (Å²) in [4.78, 5) is 12.4. The quantitative estimate of drug-likeness (QED) is 0.794. The van der Waals surface area contributed by atoms with Crippen molar-refractivity contribution >= 4 is 5.78 Å². The van der Waals surface area contributed by atoms with Gasteiger partial charge in [-0.25, -0.2) is 0 Å². The third-order valence-electron chi connectivity index (χ3n) is 4.05. The number of ketones is 1. The maximum Gasteiger partial charge on any atom is 0.170 e. The summed E-state index contributed by atoms with van der Waals surface area (Å²) in [6, 6.07) is 15.3. The summed E-state index contributed by atoms with van der Waals surface area (Å²) in [6.45, 7) is 5.02. The van der Waals surface area contributed by atoms with Crippen molar-refractivity contribution in [3.05, 3.63) is 59.7 Å². The van der Waals surface area contributed by atoms with Crippen LogP contribution in [0.5, 0.6) is 11.5 Å². The van der Waals surface area contributed by atoms with Gasteiger partial charge in [0.1, 0.15) is 17.6 Å². The zero-order valence-electron chi connectivity index (χ0n) is 13.6. The van der Waals surface area contributed by atoms with Crippen LogP contribution in [0.3, 0.4) is 0 Å². The minimum atomic E-state index is -0.285. The second-order valence-electron chi connectivity index (χ2n) is 6.30. The predicted molar refractivity (Wildman–Crippen MR) is 90.2 cm³/mol. The normalized spacial score (nSPS) is 16.8. The highest BCUT2D eigenvalue weighted by atomic mass is 16.5. The summed E-state index contributed by atoms with van der Waals surface area (Å²) in [7, 11) is 0. The molecule has 3 heteroatoms. The van der Waals surface area contributed by atoms with Crippen molar-refractivity contribution in [2.45, 2.75) is 32.8 Å². The van der Waals surface area contributed by atoms with Gasteiger partial charge in [-0.2, -0.15) is 0 Å². The molecule has 2 aromatic carbocycles. The second-order valence-corrected chi connectivity index (χ2v) is 6.30. The predicted octanol–water partition coefficient (Wildman–Crippen LogP) is 4.82. The van der Waals surface area contributed by atoms with E-state index in [4.69, 9.17) is 9.47 Å². The number of para-hydroxylation sites is 2. The van der Waals surface area contributed by atoms with Crippen molar-refractivity contribution in [1.82, 2.24) is 0 Å². The van der Waals surface area contributed by atoms with Crippen LogP contribution in [0, 0.1) is 5.92 Å². The molecule has 2 aromatic rings. The van der Waals surface area contributed by atoms with E-state index < -0.39 is 0 Å². The van der Waals surface area contributed by atoms with Crippen LogP contribution in [0.1, 0.15) is 48.7 Å². The molecule has 1 aliphatic heterocycles. The first kappa shape index (κ1) is 15.6. The average Bonchev–Trinajstić information content (AvgIpc) is 2.55. The van der Waals surface area contributed by atoms with Crippen LogP contribution >= 0.6 is 0 Å². The van der Waals surface area contributed by atoms with Gasteiger partial charge in [0.25, 0.3) is 0 Å². The highest BCUT2D eigenvalue weighted by Crippen LogP contribution is 2.38. The third kappa shape index (κ3) is 3.55. The molecule has 0 N–H and O–H groups in total. The molecule has 0 aliphatic carbocycles. The van der Waals surface area contributed by atoms with Gasteiger partial charge in [-0.05, 0) is 30.5 Å². The van der Waals surface area contributed by atoms with E-state index in [1.807, 2.05) is 48.5 Å². The number of hydrogen-bond acceptors (Lipinski definition) is 3. The summed E-state index contributed by atoms with van der Waals surface area (Å²) in [5.74, 6) is 2.19. The first-order chi connectivity index (χ1) is 11.1. The molecule has 3 nitrogen and oxygen atoms in total. The molecule has 1 aliphatic rings. The molecule has 3 rings (SSSR count). The lowest BCUT2D eigenvalue weighted by Crippen LogP contribution is -2.21. The van der Waals surface area contributed by atoms with Crippen LogP contribution in [0.15, 0.2) is 48.5 Å². The summed E-state index contributed by atoms with van der Waals surface area (Å²) < 4.78 is 12.0. The van der Waals surface area contributed by atoms with E-state index in [1.54, 1.807) is 0 Å². The van der Waals surface area contributed by atoms with Gasteiger partial charge in [0.05, 0.1) is 18.6 Å². The minimum absolute atomic E-state index is 0.119. The fourth-order valence-corrected chi connectivity index (χ4v) is 2.73. The molecule has 23 heavy (non-hydrogen) atoms. The smallest absolute Gasteiger partial charge is 0.170 e. The van der Waals surface area contributed by atoms with E-state index in [9.17, 15) is 4.79 Å². The van der Waals surface area contributed by atoms with Gasteiger partial charge in [-0.15, -0.1) is 0 Å². The molecule has 0 saturated carbocycles. The fraction of sp³-hybridized carbons (Fsp3) is 0.350. The Morgan fingerprint density at radius 1 is 1.13 bits per heavy atom. The Hall–Kier alpha value is -2.29. The SMILES string of the molecule is CC(C)CCOc1ccccc1C1CC(=O)c2ccccc2O1. The molecule has 1 unspecified atom stereocenters. The fourth-order valence-electron chi connectivity index (χ4n) is 2.73. The molecular formula is C20H22O3. The molecule has 120 valence electrons. The van der Waals surface area contributed by atoms with Gasteiger partial charge in [0.15, 0.2) is 5.78 Å². The Kier molecular flexibility index (Phi) is 4.65. The van der Waals surface area contributed by atoms with Gasteiger partial charge < -0.3 is 9.47 Å². The third-order valence-corrected chi connectivity index (χ3v) is 4.05. The van der Waals surface area contributed by atoms with E-state index in [-0.39, 0.29) is 11.9 Å². The van der Waals surface area contributed by atoms with Crippen molar-refractivity contribution in [2.24, 2.45) is 5.92 Å². The van der Waals surface area contributed by atoms with Crippen molar-refractivity contribution in [3.63, 3.8) is 0 Å². The number of Topliss-reactive ketones (excluding diaryl/α,β-unsaturated/α-hetero) is 1. The zero-order valence-corrected chi connectivity index (χ0v) is 13.6. The standard InChI is InChI=1S/C20H22O3/c1-14(2)11-12-22-18-9-5-4-8-16(18)20-13-17(21)15-7-3-6-10-19(15)23-20/h3-10,14,20H,11-13H2,1-2H3. The van der Waals surface area contributed by atoms with E-state index in [0.717, 1.165) is 17.7 Å². The Balaban J connectivity index is 1.81. The van der Waals surface area contributed by atoms with Crippen LogP contribution in [-0.2, 0) is 0 Å². The van der Waals surface area contributed by atoms with E-state index in [2.05, 4.69) is 13.8 Å². The average molecular weight is 310 g/mol. The highest BCUT2D eigenvalue weighted by Gasteiger charge is 2.29.